The molecule has 1 spiro atoms. The van der Waals surface area contributed by atoms with E-state index in [4.69, 9.17) is 18.9 Å². The average molecular weight is 447 g/mol. The van der Waals surface area contributed by atoms with E-state index in [1.165, 1.54) is 31.1 Å². The van der Waals surface area contributed by atoms with Crippen LogP contribution in [0.15, 0.2) is 36.0 Å². The molecule has 32 heavy (non-hydrogen) atoms. The third kappa shape index (κ3) is 3.92. The Morgan fingerprint density at radius 3 is 2.38 bits per heavy atom. The van der Waals surface area contributed by atoms with Gasteiger partial charge in [-0.2, -0.15) is 0 Å². The lowest BCUT2D eigenvalue weighted by Gasteiger charge is -2.36. The summed E-state index contributed by atoms with van der Waals surface area (Å²) in [5, 5.41) is 0. The van der Waals surface area contributed by atoms with E-state index in [1.54, 1.807) is 32.9 Å². The number of methoxy groups -OCH3 is 3. The van der Waals surface area contributed by atoms with E-state index in [1.807, 2.05) is 18.2 Å². The lowest BCUT2D eigenvalue weighted by Crippen LogP contribution is -2.49. The molecule has 0 aliphatic carbocycles. The lowest BCUT2D eigenvalue weighted by molar-refractivity contribution is -0.139. The van der Waals surface area contributed by atoms with Gasteiger partial charge in [0.25, 0.3) is 0 Å². The van der Waals surface area contributed by atoms with Crippen molar-refractivity contribution in [2.24, 2.45) is 0 Å². The molecule has 2 aliphatic rings. The highest BCUT2D eigenvalue weighted by atomic mass is 16.6. The van der Waals surface area contributed by atoms with Crippen molar-refractivity contribution in [3.05, 3.63) is 41.6 Å². The molecule has 2 heterocycles. The molecule has 0 saturated carbocycles. The topological polar surface area (TPSA) is 94.6 Å². The lowest BCUT2D eigenvalue weighted by atomic mass is 9.77. The highest BCUT2D eigenvalue weighted by molar-refractivity contribution is 5.97. The third-order valence-corrected chi connectivity index (χ3v) is 5.67. The first-order valence-corrected chi connectivity index (χ1v) is 10.4. The summed E-state index contributed by atoms with van der Waals surface area (Å²) < 4.78 is 21.3. The Morgan fingerprint density at radius 1 is 1.09 bits per heavy atom. The van der Waals surface area contributed by atoms with Gasteiger partial charge in [0.1, 0.15) is 11.8 Å². The molecule has 0 aromatic heterocycles. The smallest absolute Gasteiger partial charge is 0.418 e. The number of carbonyl (C=O) groups excluding carboxylic acids is 3. The van der Waals surface area contributed by atoms with Crippen molar-refractivity contribution < 1.29 is 33.3 Å². The Labute approximate surface area is 187 Å². The van der Waals surface area contributed by atoms with Crippen molar-refractivity contribution in [3.63, 3.8) is 0 Å². The van der Waals surface area contributed by atoms with E-state index in [0.29, 0.717) is 24.4 Å². The normalized spacial score (nSPS) is 23.4. The second kappa shape index (κ2) is 8.82. The fourth-order valence-corrected chi connectivity index (χ4v) is 4.50. The number of rotatable bonds is 3. The Kier molecular flexibility index (Phi) is 6.50. The van der Waals surface area contributed by atoms with Crippen LogP contribution in [0.1, 0.15) is 39.2 Å². The maximum atomic E-state index is 13.0. The number of hydrogen-bond acceptors (Lipinski definition) is 7. The summed E-state index contributed by atoms with van der Waals surface area (Å²) in [4.78, 5) is 40.7. The van der Waals surface area contributed by atoms with Crippen LogP contribution in [0.25, 0.3) is 0 Å². The molecule has 1 saturated heterocycles. The van der Waals surface area contributed by atoms with Gasteiger partial charge in [-0.25, -0.2) is 14.5 Å². The molecule has 1 aromatic rings. The van der Waals surface area contributed by atoms with Crippen molar-refractivity contribution in [1.82, 2.24) is 4.90 Å². The highest BCUT2D eigenvalue weighted by Gasteiger charge is 2.60. The van der Waals surface area contributed by atoms with E-state index in [2.05, 4.69) is 0 Å². The average Bonchev–Trinajstić information content (AvgIpc) is 3.27. The van der Waals surface area contributed by atoms with Gasteiger partial charge in [0.2, 0.25) is 0 Å². The number of para-hydroxylation sites is 1. The number of fused-ring (bicyclic) bond motifs is 2. The molecular formula is C23H30N2O7. The van der Waals surface area contributed by atoms with Crippen LogP contribution in [0.4, 0.5) is 15.3 Å². The van der Waals surface area contributed by atoms with Crippen molar-refractivity contribution in [1.29, 1.82) is 0 Å². The van der Waals surface area contributed by atoms with Crippen LogP contribution in [0.2, 0.25) is 0 Å². The predicted molar refractivity (Wildman–Crippen MR) is 116 cm³/mol. The number of likely N-dealkylation sites (tertiary alicyclic amines) is 1. The van der Waals surface area contributed by atoms with Crippen molar-refractivity contribution in [3.8, 4) is 0 Å². The molecule has 1 fully saturated rings. The number of esters is 1. The zero-order valence-electron chi connectivity index (χ0n) is 19.3. The Balaban J connectivity index is 2.17. The number of ether oxygens (including phenoxy) is 4. The number of amides is 2. The first kappa shape index (κ1) is 23.6. The molecule has 1 aromatic carbocycles. The second-order valence-corrected chi connectivity index (χ2v) is 8.68. The van der Waals surface area contributed by atoms with Gasteiger partial charge in [0.15, 0.2) is 0 Å². The molecule has 174 valence electrons. The number of benzene rings is 1. The summed E-state index contributed by atoms with van der Waals surface area (Å²) >= 11 is 0. The molecule has 0 radical (unpaired) electrons. The van der Waals surface area contributed by atoms with Crippen LogP contribution in [-0.4, -0.2) is 62.8 Å². The largest absolute Gasteiger partial charge is 0.469 e. The van der Waals surface area contributed by atoms with Crippen molar-refractivity contribution >= 4 is 23.8 Å². The Hall–Kier alpha value is -3.07. The minimum Gasteiger partial charge on any atom is -0.469 e. The van der Waals surface area contributed by atoms with Gasteiger partial charge in [-0.1, -0.05) is 24.3 Å². The minimum absolute atomic E-state index is 0.0576. The zero-order valence-corrected chi connectivity index (χ0v) is 19.3. The second-order valence-electron chi connectivity index (χ2n) is 8.68. The summed E-state index contributed by atoms with van der Waals surface area (Å²) in [5.74, 6) is -0.454. The standard InChI is InChI=1S/C23H30N2O7/c1-22(2,3)32-20(27)24-14-13-23(19(24)30-5)15-9-7-8-10-16(15)25(21(28)31-6)17(23)11-12-18(26)29-4/h7-11,19H,12-14H2,1-6H3/b17-11-. The Morgan fingerprint density at radius 2 is 1.78 bits per heavy atom. The molecule has 2 atom stereocenters. The summed E-state index contributed by atoms with van der Waals surface area (Å²) in [5.41, 5.74) is 0.349. The first-order valence-electron chi connectivity index (χ1n) is 10.4. The SMILES string of the molecule is COC(=O)C/C=C1\N(C(=O)OC)c2ccccc2C12CCN(C(=O)OC(C)(C)C)C2OC. The quantitative estimate of drug-likeness (QED) is 0.517. The summed E-state index contributed by atoms with van der Waals surface area (Å²) in [6.45, 7) is 5.73. The number of anilines is 1. The van der Waals surface area contributed by atoms with Crippen LogP contribution in [0.5, 0.6) is 0 Å². The van der Waals surface area contributed by atoms with E-state index >= 15 is 0 Å². The molecule has 2 amide bonds. The fourth-order valence-electron chi connectivity index (χ4n) is 4.50. The highest BCUT2D eigenvalue weighted by Crippen LogP contribution is 2.56. The fraction of sp³-hybridized carbons (Fsp3) is 0.522. The first-order chi connectivity index (χ1) is 15.1. The summed E-state index contributed by atoms with van der Waals surface area (Å²) in [6, 6.07) is 7.38. The van der Waals surface area contributed by atoms with E-state index < -0.39 is 35.4 Å². The van der Waals surface area contributed by atoms with Crippen LogP contribution in [0.3, 0.4) is 0 Å². The monoisotopic (exact) mass is 446 g/mol. The third-order valence-electron chi connectivity index (χ3n) is 5.67. The molecule has 9 heteroatoms. The minimum atomic E-state index is -0.898. The maximum absolute atomic E-state index is 13.0. The molecule has 9 nitrogen and oxygen atoms in total. The van der Waals surface area contributed by atoms with Gasteiger partial charge in [0, 0.05) is 19.4 Å². The number of hydrogen-bond donors (Lipinski definition) is 0. The van der Waals surface area contributed by atoms with Crippen LogP contribution in [-0.2, 0) is 29.2 Å². The molecule has 3 rings (SSSR count). The van der Waals surface area contributed by atoms with Crippen LogP contribution in [0, 0.1) is 0 Å². The van der Waals surface area contributed by atoms with Gasteiger partial charge in [-0.15, -0.1) is 0 Å². The zero-order chi connectivity index (χ0) is 23.7. The predicted octanol–water partition coefficient (Wildman–Crippen LogP) is 3.57. The van der Waals surface area contributed by atoms with Gasteiger partial charge < -0.3 is 18.9 Å². The maximum Gasteiger partial charge on any atom is 0.418 e. The number of carbonyl (C=O) groups is 3. The van der Waals surface area contributed by atoms with Gasteiger partial charge in [0.05, 0.1) is 31.7 Å². The van der Waals surface area contributed by atoms with E-state index in [-0.39, 0.29) is 6.42 Å². The Bertz CT molecular complexity index is 937. The van der Waals surface area contributed by atoms with Gasteiger partial charge >= 0.3 is 18.2 Å². The molecule has 0 N–H and O–H groups in total. The summed E-state index contributed by atoms with van der Waals surface area (Å²) in [7, 11) is 4.11. The number of nitrogens with zero attached hydrogens (tertiary/aromatic N) is 2. The van der Waals surface area contributed by atoms with E-state index in [9.17, 15) is 14.4 Å². The van der Waals surface area contributed by atoms with Crippen LogP contribution < -0.4 is 4.90 Å². The summed E-state index contributed by atoms with van der Waals surface area (Å²) in [6.07, 6.45) is 0.170. The molecule has 2 aliphatic heterocycles. The van der Waals surface area contributed by atoms with Gasteiger partial charge in [-0.05, 0) is 38.8 Å². The molecule has 2 unspecified atom stereocenters. The van der Waals surface area contributed by atoms with Crippen LogP contribution >= 0.6 is 0 Å². The molecular weight excluding hydrogens is 416 g/mol. The van der Waals surface area contributed by atoms with Gasteiger partial charge in [-0.3, -0.25) is 9.69 Å². The molecule has 0 bridgehead atoms. The van der Waals surface area contributed by atoms with Crippen molar-refractivity contribution in [2.45, 2.75) is 50.9 Å². The van der Waals surface area contributed by atoms with E-state index in [0.717, 1.165) is 5.56 Å². The van der Waals surface area contributed by atoms with Crippen molar-refractivity contribution in [2.75, 3.05) is 32.8 Å².